The minimum Gasteiger partial charge on any atom is -0.378 e. The summed E-state index contributed by atoms with van der Waals surface area (Å²) in [4.78, 5) is 0. The average Bonchev–Trinajstić information content (AvgIpc) is 2.68. The molecule has 0 amide bonds. The van der Waals surface area contributed by atoms with Crippen LogP contribution in [0.25, 0.3) is 0 Å². The number of hydrogen-bond donors (Lipinski definition) is 0. The van der Waals surface area contributed by atoms with Crippen molar-refractivity contribution in [1.29, 1.82) is 0 Å². The van der Waals surface area contributed by atoms with E-state index in [1.54, 1.807) is 0 Å². The molecule has 1 heterocycles. The van der Waals surface area contributed by atoms with E-state index in [2.05, 4.69) is 26.0 Å². The largest absolute Gasteiger partial charge is 0.378 e. The van der Waals surface area contributed by atoms with Crippen LogP contribution in [0, 0.1) is 29.6 Å². The fourth-order valence-electron chi connectivity index (χ4n) is 5.66. The van der Waals surface area contributed by atoms with Crippen molar-refractivity contribution in [1.82, 2.24) is 0 Å². The van der Waals surface area contributed by atoms with E-state index < -0.39 is 0 Å². The van der Waals surface area contributed by atoms with Gasteiger partial charge in [0.05, 0.1) is 12.7 Å². The quantitative estimate of drug-likeness (QED) is 0.463. The molecule has 0 radical (unpaired) electrons. The highest BCUT2D eigenvalue weighted by Crippen LogP contribution is 2.39. The van der Waals surface area contributed by atoms with E-state index in [-0.39, 0.29) is 0 Å². The van der Waals surface area contributed by atoms with Gasteiger partial charge in [0.1, 0.15) is 0 Å². The van der Waals surface area contributed by atoms with E-state index in [0.29, 0.717) is 6.10 Å². The van der Waals surface area contributed by atoms with Gasteiger partial charge in [-0.2, -0.15) is 0 Å². The molecule has 2 saturated carbocycles. The third kappa shape index (κ3) is 5.84. The molecule has 2 unspecified atom stereocenters. The topological polar surface area (TPSA) is 9.23 Å². The normalized spacial score (nSPS) is 40.4. The lowest BCUT2D eigenvalue weighted by Crippen LogP contribution is -2.32. The smallest absolute Gasteiger partial charge is 0.0575 e. The van der Waals surface area contributed by atoms with E-state index >= 15 is 0 Å². The van der Waals surface area contributed by atoms with Crippen LogP contribution in [0.3, 0.4) is 0 Å². The molecule has 1 nitrogen and oxygen atoms in total. The molecule has 0 aromatic carbocycles. The van der Waals surface area contributed by atoms with Crippen LogP contribution in [0.5, 0.6) is 0 Å². The maximum absolute atomic E-state index is 6.14. The first-order valence-corrected chi connectivity index (χ1v) is 11.6. The lowest BCUT2D eigenvalue weighted by molar-refractivity contribution is -0.0413. The van der Waals surface area contributed by atoms with Crippen molar-refractivity contribution in [2.75, 3.05) is 6.61 Å². The van der Waals surface area contributed by atoms with Crippen LogP contribution in [-0.4, -0.2) is 12.7 Å². The Labute approximate surface area is 157 Å². The molecule has 3 aliphatic rings. The van der Waals surface area contributed by atoms with Gasteiger partial charge in [-0.3, -0.25) is 0 Å². The van der Waals surface area contributed by atoms with E-state index in [1.165, 1.54) is 83.5 Å². The van der Waals surface area contributed by atoms with Gasteiger partial charge in [-0.1, -0.05) is 38.8 Å². The average molecular weight is 347 g/mol. The Morgan fingerprint density at radius 2 is 1.32 bits per heavy atom. The Kier molecular flexibility index (Phi) is 7.90. The Morgan fingerprint density at radius 3 is 1.84 bits per heavy atom. The van der Waals surface area contributed by atoms with Crippen LogP contribution in [0.15, 0.2) is 12.2 Å². The Hall–Kier alpha value is -0.300. The van der Waals surface area contributed by atoms with Gasteiger partial charge < -0.3 is 4.74 Å². The van der Waals surface area contributed by atoms with Crippen molar-refractivity contribution >= 4 is 0 Å². The lowest BCUT2D eigenvalue weighted by atomic mass is 9.73. The first kappa shape index (κ1) is 19.5. The molecule has 3 rings (SSSR count). The summed E-state index contributed by atoms with van der Waals surface area (Å²) in [6.07, 6.45) is 24.1. The second kappa shape index (κ2) is 10.1. The predicted molar refractivity (Wildman–Crippen MR) is 108 cm³/mol. The van der Waals surface area contributed by atoms with Crippen molar-refractivity contribution in [3.8, 4) is 0 Å². The standard InChI is InChI=1S/C24H42O/c1-3-5-24-17-16-23(18-25-24)22-14-12-21(13-15-22)11-10-20-8-6-19(4-2)7-9-20/h10-11,19-24H,3-9,12-18H2,1-2H3. The van der Waals surface area contributed by atoms with E-state index in [0.717, 1.165) is 36.2 Å². The van der Waals surface area contributed by atoms with Crippen molar-refractivity contribution in [3.63, 3.8) is 0 Å². The molecule has 2 atom stereocenters. The van der Waals surface area contributed by atoms with E-state index in [9.17, 15) is 0 Å². The van der Waals surface area contributed by atoms with Gasteiger partial charge in [-0.05, 0) is 100 Å². The predicted octanol–water partition coefficient (Wildman–Crippen LogP) is 7.16. The van der Waals surface area contributed by atoms with E-state index in [4.69, 9.17) is 4.74 Å². The molecule has 144 valence electrons. The van der Waals surface area contributed by atoms with Crippen LogP contribution in [0.1, 0.15) is 97.3 Å². The minimum atomic E-state index is 0.573. The first-order valence-electron chi connectivity index (χ1n) is 11.6. The fourth-order valence-corrected chi connectivity index (χ4v) is 5.66. The van der Waals surface area contributed by atoms with Crippen molar-refractivity contribution in [2.45, 2.75) is 103 Å². The minimum absolute atomic E-state index is 0.573. The summed E-state index contributed by atoms with van der Waals surface area (Å²) in [5, 5.41) is 0. The van der Waals surface area contributed by atoms with E-state index in [1.807, 2.05) is 0 Å². The second-order valence-electron chi connectivity index (χ2n) is 9.33. The zero-order valence-corrected chi connectivity index (χ0v) is 16.9. The van der Waals surface area contributed by atoms with Gasteiger partial charge in [0, 0.05) is 0 Å². The molecular weight excluding hydrogens is 304 g/mol. The molecule has 0 aromatic heterocycles. The highest BCUT2D eigenvalue weighted by molar-refractivity contribution is 4.96. The molecular formula is C24H42O. The monoisotopic (exact) mass is 346 g/mol. The summed E-state index contributed by atoms with van der Waals surface area (Å²) in [7, 11) is 0. The summed E-state index contributed by atoms with van der Waals surface area (Å²) >= 11 is 0. The van der Waals surface area contributed by atoms with Crippen LogP contribution in [0.4, 0.5) is 0 Å². The maximum atomic E-state index is 6.14. The van der Waals surface area contributed by atoms with Crippen LogP contribution in [0.2, 0.25) is 0 Å². The second-order valence-corrected chi connectivity index (χ2v) is 9.33. The van der Waals surface area contributed by atoms with Crippen LogP contribution < -0.4 is 0 Å². The van der Waals surface area contributed by atoms with Crippen molar-refractivity contribution in [2.24, 2.45) is 29.6 Å². The molecule has 0 bridgehead atoms. The molecule has 0 spiro atoms. The van der Waals surface area contributed by atoms with Gasteiger partial charge in [0.25, 0.3) is 0 Å². The first-order chi connectivity index (χ1) is 12.3. The third-order valence-corrected chi connectivity index (χ3v) is 7.62. The summed E-state index contributed by atoms with van der Waals surface area (Å²) in [6.45, 7) is 5.69. The van der Waals surface area contributed by atoms with Crippen molar-refractivity contribution in [3.05, 3.63) is 12.2 Å². The highest BCUT2D eigenvalue weighted by Gasteiger charge is 2.30. The Morgan fingerprint density at radius 1 is 0.720 bits per heavy atom. The zero-order chi connectivity index (χ0) is 17.5. The molecule has 3 fully saturated rings. The molecule has 0 aromatic rings. The third-order valence-electron chi connectivity index (χ3n) is 7.62. The number of allylic oxidation sites excluding steroid dienone is 2. The molecule has 1 saturated heterocycles. The van der Waals surface area contributed by atoms with Gasteiger partial charge >= 0.3 is 0 Å². The van der Waals surface area contributed by atoms with Crippen molar-refractivity contribution < 1.29 is 4.74 Å². The number of ether oxygens (including phenoxy) is 1. The Bertz CT molecular complexity index is 377. The Balaban J connectivity index is 1.34. The summed E-state index contributed by atoms with van der Waals surface area (Å²) in [5.41, 5.74) is 0. The highest BCUT2D eigenvalue weighted by atomic mass is 16.5. The molecule has 2 aliphatic carbocycles. The summed E-state index contributed by atoms with van der Waals surface area (Å²) < 4.78 is 6.14. The number of hydrogen-bond acceptors (Lipinski definition) is 1. The van der Waals surface area contributed by atoms with Gasteiger partial charge in [0.15, 0.2) is 0 Å². The molecule has 1 heteroatoms. The van der Waals surface area contributed by atoms with Gasteiger partial charge in [-0.25, -0.2) is 0 Å². The summed E-state index contributed by atoms with van der Waals surface area (Å²) in [5.74, 6) is 4.60. The molecule has 0 N–H and O–H groups in total. The van der Waals surface area contributed by atoms with Crippen LogP contribution in [-0.2, 0) is 4.74 Å². The van der Waals surface area contributed by atoms with Gasteiger partial charge in [-0.15, -0.1) is 0 Å². The SMILES string of the molecule is CCCC1CCC(C2CCC(C=CC3CCC(CC)CC3)CC2)CO1. The molecule has 25 heavy (non-hydrogen) atoms. The van der Waals surface area contributed by atoms with Crippen LogP contribution >= 0.6 is 0 Å². The maximum Gasteiger partial charge on any atom is 0.0575 e. The lowest BCUT2D eigenvalue weighted by Gasteiger charge is -2.37. The van der Waals surface area contributed by atoms with Gasteiger partial charge in [0.2, 0.25) is 0 Å². The molecule has 1 aliphatic heterocycles. The zero-order valence-electron chi connectivity index (χ0n) is 16.9. The summed E-state index contributed by atoms with van der Waals surface area (Å²) in [6, 6.07) is 0. The fraction of sp³-hybridized carbons (Fsp3) is 0.917. The number of rotatable bonds is 6.